The first-order valence-corrected chi connectivity index (χ1v) is 9.16. The lowest BCUT2D eigenvalue weighted by molar-refractivity contribution is -0.117. The Bertz CT molecular complexity index is 758. The van der Waals surface area contributed by atoms with Gasteiger partial charge in [0.1, 0.15) is 17.3 Å². The van der Waals surface area contributed by atoms with E-state index in [4.69, 9.17) is 9.72 Å². The highest BCUT2D eigenvalue weighted by Crippen LogP contribution is 2.32. The van der Waals surface area contributed by atoms with Gasteiger partial charge in [0.2, 0.25) is 5.91 Å². The number of ether oxygens (including phenoxy) is 1. The van der Waals surface area contributed by atoms with E-state index in [9.17, 15) is 4.79 Å². The van der Waals surface area contributed by atoms with Gasteiger partial charge in [-0.2, -0.15) is 5.10 Å². The molecule has 0 saturated carbocycles. The van der Waals surface area contributed by atoms with Crippen molar-refractivity contribution in [1.29, 1.82) is 0 Å². The quantitative estimate of drug-likeness (QED) is 0.925. The highest BCUT2D eigenvalue weighted by atomic mass is 16.5. The van der Waals surface area contributed by atoms with Gasteiger partial charge in [-0.3, -0.25) is 9.48 Å². The number of aromatic nitrogens is 4. The fraction of sp³-hybridized carbons (Fsp3) is 0.611. The van der Waals surface area contributed by atoms with Crippen LogP contribution in [0.4, 0.5) is 5.82 Å². The van der Waals surface area contributed by atoms with Crippen LogP contribution in [-0.2, 0) is 29.5 Å². The molecule has 0 radical (unpaired) electrons. The van der Waals surface area contributed by atoms with Crippen LogP contribution in [0.15, 0.2) is 12.4 Å². The first kappa shape index (κ1) is 16.3. The second-order valence-corrected chi connectivity index (χ2v) is 7.04. The summed E-state index contributed by atoms with van der Waals surface area (Å²) in [7, 11) is 1.89. The molecule has 1 saturated heterocycles. The van der Waals surface area contributed by atoms with Crippen molar-refractivity contribution in [2.75, 3.05) is 18.5 Å². The molecular weight excluding hydrogens is 318 g/mol. The number of aryl methyl sites for hydroxylation is 2. The summed E-state index contributed by atoms with van der Waals surface area (Å²) in [6, 6.07) is 0. The third-order valence-corrected chi connectivity index (χ3v) is 5.13. The predicted molar refractivity (Wildman–Crippen MR) is 94.2 cm³/mol. The van der Waals surface area contributed by atoms with Gasteiger partial charge in [-0.15, -0.1) is 0 Å². The van der Waals surface area contributed by atoms with E-state index in [1.165, 1.54) is 0 Å². The van der Waals surface area contributed by atoms with Crippen molar-refractivity contribution in [2.45, 2.75) is 45.1 Å². The Labute approximate surface area is 147 Å². The largest absolute Gasteiger partial charge is 0.381 e. The molecule has 0 atom stereocenters. The smallest absolute Gasteiger partial charge is 0.225 e. The first-order chi connectivity index (χ1) is 12.2. The Morgan fingerprint density at radius 1 is 1.36 bits per heavy atom. The van der Waals surface area contributed by atoms with Gasteiger partial charge >= 0.3 is 0 Å². The summed E-state index contributed by atoms with van der Waals surface area (Å²) in [5.41, 5.74) is 1.79. The maximum atomic E-state index is 12.6. The molecule has 0 aliphatic carbocycles. The summed E-state index contributed by atoms with van der Waals surface area (Å²) in [5.74, 6) is 2.39. The molecule has 0 spiro atoms. The SMILES string of the molecule is Cn1cc(-c2nc3n(c2NC(=O)CC2CCOCC2)CCCC3)cn1. The van der Waals surface area contributed by atoms with Crippen molar-refractivity contribution >= 4 is 11.7 Å². The lowest BCUT2D eigenvalue weighted by Crippen LogP contribution is -2.24. The van der Waals surface area contributed by atoms with E-state index in [0.717, 1.165) is 74.8 Å². The minimum Gasteiger partial charge on any atom is -0.381 e. The monoisotopic (exact) mass is 343 g/mol. The Morgan fingerprint density at radius 2 is 2.20 bits per heavy atom. The van der Waals surface area contributed by atoms with Gasteiger partial charge in [0.25, 0.3) is 0 Å². The molecule has 2 aliphatic rings. The van der Waals surface area contributed by atoms with Crippen LogP contribution in [0.2, 0.25) is 0 Å². The number of hydrogen-bond acceptors (Lipinski definition) is 4. The number of carbonyl (C=O) groups is 1. The van der Waals surface area contributed by atoms with Crippen molar-refractivity contribution in [2.24, 2.45) is 13.0 Å². The number of imidazole rings is 1. The van der Waals surface area contributed by atoms with Crippen LogP contribution < -0.4 is 5.32 Å². The second kappa shape index (κ2) is 7.00. The molecule has 1 N–H and O–H groups in total. The zero-order chi connectivity index (χ0) is 17.2. The Kier molecular flexibility index (Phi) is 4.57. The minimum atomic E-state index is 0.0744. The van der Waals surface area contributed by atoms with Crippen LogP contribution in [-0.4, -0.2) is 38.5 Å². The molecule has 0 unspecified atom stereocenters. The molecule has 0 bridgehead atoms. The number of nitrogens with zero attached hydrogens (tertiary/aromatic N) is 4. The van der Waals surface area contributed by atoms with E-state index < -0.39 is 0 Å². The zero-order valence-corrected chi connectivity index (χ0v) is 14.7. The van der Waals surface area contributed by atoms with E-state index in [1.54, 1.807) is 4.68 Å². The molecule has 7 heteroatoms. The number of anilines is 1. The van der Waals surface area contributed by atoms with Gasteiger partial charge in [0, 0.05) is 51.4 Å². The summed E-state index contributed by atoms with van der Waals surface area (Å²) >= 11 is 0. The average Bonchev–Trinajstić information content (AvgIpc) is 3.20. The van der Waals surface area contributed by atoms with Crippen LogP contribution in [0.5, 0.6) is 0 Å². The number of hydrogen-bond donors (Lipinski definition) is 1. The summed E-state index contributed by atoms with van der Waals surface area (Å²) in [5, 5.41) is 7.41. The van der Waals surface area contributed by atoms with Crippen molar-refractivity contribution in [3.63, 3.8) is 0 Å². The van der Waals surface area contributed by atoms with Crippen LogP contribution in [0.3, 0.4) is 0 Å². The van der Waals surface area contributed by atoms with Crippen LogP contribution >= 0.6 is 0 Å². The highest BCUT2D eigenvalue weighted by molar-refractivity contribution is 5.93. The van der Waals surface area contributed by atoms with Crippen molar-refractivity contribution in [3.05, 3.63) is 18.2 Å². The predicted octanol–water partition coefficient (Wildman–Crippen LogP) is 2.38. The molecule has 2 aliphatic heterocycles. The van der Waals surface area contributed by atoms with Crippen LogP contribution in [0.25, 0.3) is 11.3 Å². The van der Waals surface area contributed by atoms with Gasteiger partial charge < -0.3 is 14.6 Å². The molecule has 25 heavy (non-hydrogen) atoms. The van der Waals surface area contributed by atoms with E-state index in [1.807, 2.05) is 19.4 Å². The molecule has 2 aromatic rings. The maximum absolute atomic E-state index is 12.6. The van der Waals surface area contributed by atoms with E-state index in [-0.39, 0.29) is 5.91 Å². The van der Waals surface area contributed by atoms with Crippen LogP contribution in [0.1, 0.15) is 37.9 Å². The van der Waals surface area contributed by atoms with E-state index in [2.05, 4.69) is 15.0 Å². The average molecular weight is 343 g/mol. The Hall–Kier alpha value is -2.15. The fourth-order valence-electron chi connectivity index (χ4n) is 3.75. The molecule has 0 aromatic carbocycles. The van der Waals surface area contributed by atoms with Crippen molar-refractivity contribution in [3.8, 4) is 11.3 Å². The molecule has 2 aromatic heterocycles. The van der Waals surface area contributed by atoms with Crippen LogP contribution in [0, 0.1) is 5.92 Å². The lowest BCUT2D eigenvalue weighted by atomic mass is 9.96. The molecule has 1 fully saturated rings. The summed E-state index contributed by atoms with van der Waals surface area (Å²) < 4.78 is 9.33. The zero-order valence-electron chi connectivity index (χ0n) is 14.7. The standard InChI is InChI=1S/C18H25N5O2/c1-22-12-14(11-19-22)17-18(23-7-3-2-4-15(23)20-17)21-16(24)10-13-5-8-25-9-6-13/h11-13H,2-10H2,1H3,(H,21,24). The lowest BCUT2D eigenvalue weighted by Gasteiger charge is -2.22. The van der Waals surface area contributed by atoms with Gasteiger partial charge in [-0.25, -0.2) is 4.98 Å². The third-order valence-electron chi connectivity index (χ3n) is 5.13. The van der Waals surface area contributed by atoms with E-state index in [0.29, 0.717) is 12.3 Å². The molecule has 4 heterocycles. The van der Waals surface area contributed by atoms with Gasteiger partial charge in [0.05, 0.1) is 6.20 Å². The fourth-order valence-corrected chi connectivity index (χ4v) is 3.75. The normalized spacial score (nSPS) is 18.1. The Morgan fingerprint density at radius 3 is 2.96 bits per heavy atom. The van der Waals surface area contributed by atoms with Gasteiger partial charge in [0.15, 0.2) is 0 Å². The molecule has 4 rings (SSSR count). The molecule has 134 valence electrons. The number of carbonyl (C=O) groups excluding carboxylic acids is 1. The molecule has 7 nitrogen and oxygen atoms in total. The molecular formula is C18H25N5O2. The summed E-state index contributed by atoms with van der Waals surface area (Å²) in [6.07, 6.45) is 9.48. The highest BCUT2D eigenvalue weighted by Gasteiger charge is 2.24. The number of rotatable bonds is 4. The number of amides is 1. The van der Waals surface area contributed by atoms with Crippen molar-refractivity contribution < 1.29 is 9.53 Å². The van der Waals surface area contributed by atoms with Gasteiger partial charge in [-0.05, 0) is 31.6 Å². The van der Waals surface area contributed by atoms with Gasteiger partial charge in [-0.1, -0.05) is 0 Å². The summed E-state index contributed by atoms with van der Waals surface area (Å²) in [4.78, 5) is 17.4. The second-order valence-electron chi connectivity index (χ2n) is 7.04. The first-order valence-electron chi connectivity index (χ1n) is 9.16. The Balaban J connectivity index is 1.58. The summed E-state index contributed by atoms with van der Waals surface area (Å²) in [6.45, 7) is 2.44. The van der Waals surface area contributed by atoms with Crippen molar-refractivity contribution in [1.82, 2.24) is 19.3 Å². The molecule has 1 amide bonds. The third kappa shape index (κ3) is 3.46. The minimum absolute atomic E-state index is 0.0744. The topological polar surface area (TPSA) is 74.0 Å². The van der Waals surface area contributed by atoms with E-state index >= 15 is 0 Å². The maximum Gasteiger partial charge on any atom is 0.225 e. The number of nitrogens with one attached hydrogen (secondary N) is 1. The number of fused-ring (bicyclic) bond motifs is 1.